The van der Waals surface area contributed by atoms with Gasteiger partial charge in [0.2, 0.25) is 5.91 Å². The van der Waals surface area contributed by atoms with Crippen LogP contribution in [0.4, 0.5) is 0 Å². The van der Waals surface area contributed by atoms with Gasteiger partial charge < -0.3 is 10.6 Å². The molecule has 1 rings (SSSR count). The molecule has 5 nitrogen and oxygen atoms in total. The Morgan fingerprint density at radius 1 is 1.39 bits per heavy atom. The van der Waals surface area contributed by atoms with Crippen molar-refractivity contribution in [2.24, 2.45) is 0 Å². The van der Waals surface area contributed by atoms with E-state index in [1.165, 1.54) is 0 Å². The Balaban J connectivity index is 2.35. The van der Waals surface area contributed by atoms with Crippen molar-refractivity contribution in [2.45, 2.75) is 51.6 Å². The third kappa shape index (κ3) is 5.35. The molecule has 0 radical (unpaired) electrons. The maximum absolute atomic E-state index is 11.7. The molecule has 0 aliphatic carbocycles. The molecule has 1 amide bonds. The van der Waals surface area contributed by atoms with E-state index in [0.29, 0.717) is 6.42 Å². The Hall–Kier alpha value is -0.620. The minimum Gasteiger partial charge on any atom is -0.350 e. The van der Waals surface area contributed by atoms with Gasteiger partial charge in [-0.05, 0) is 33.1 Å². The van der Waals surface area contributed by atoms with E-state index in [1.54, 1.807) is 0 Å². The number of amides is 1. The lowest BCUT2D eigenvalue weighted by Gasteiger charge is -2.26. The summed E-state index contributed by atoms with van der Waals surface area (Å²) in [4.78, 5) is 11.7. The van der Waals surface area contributed by atoms with Crippen molar-refractivity contribution in [3.8, 4) is 0 Å². The molecule has 1 aliphatic heterocycles. The Labute approximate surface area is 110 Å². The van der Waals surface area contributed by atoms with Crippen LogP contribution in [-0.2, 0) is 14.6 Å². The summed E-state index contributed by atoms with van der Waals surface area (Å²) in [6.07, 6.45) is 2.36. The van der Waals surface area contributed by atoms with E-state index in [4.69, 9.17) is 0 Å². The van der Waals surface area contributed by atoms with Gasteiger partial charge in [-0.1, -0.05) is 6.92 Å². The second-order valence-corrected chi connectivity index (χ2v) is 7.85. The molecule has 6 heteroatoms. The summed E-state index contributed by atoms with van der Waals surface area (Å²) in [5.74, 6) is 0.349. The lowest BCUT2D eigenvalue weighted by atomic mass is 10.0. The Bertz CT molecular complexity index is 390. The number of hydrogen-bond donors (Lipinski definition) is 2. The van der Waals surface area contributed by atoms with Crippen LogP contribution in [0.15, 0.2) is 0 Å². The molecule has 1 aliphatic rings. The first kappa shape index (κ1) is 15.4. The number of rotatable bonds is 5. The van der Waals surface area contributed by atoms with Crippen molar-refractivity contribution in [2.75, 3.05) is 18.1 Å². The van der Waals surface area contributed by atoms with Gasteiger partial charge in [0.15, 0.2) is 9.84 Å². The van der Waals surface area contributed by atoms with Gasteiger partial charge in [-0.15, -0.1) is 0 Å². The Morgan fingerprint density at radius 3 is 2.61 bits per heavy atom. The van der Waals surface area contributed by atoms with Gasteiger partial charge >= 0.3 is 0 Å². The smallest absolute Gasteiger partial charge is 0.234 e. The van der Waals surface area contributed by atoms with Crippen LogP contribution in [0.25, 0.3) is 0 Å². The average molecular weight is 276 g/mol. The van der Waals surface area contributed by atoms with Gasteiger partial charge in [-0.25, -0.2) is 8.42 Å². The monoisotopic (exact) mass is 276 g/mol. The molecule has 0 spiro atoms. The maximum Gasteiger partial charge on any atom is 0.234 e. The van der Waals surface area contributed by atoms with Crippen molar-refractivity contribution in [3.05, 3.63) is 0 Å². The van der Waals surface area contributed by atoms with Crippen LogP contribution in [0.5, 0.6) is 0 Å². The van der Waals surface area contributed by atoms with Crippen LogP contribution in [-0.4, -0.2) is 44.0 Å². The largest absolute Gasteiger partial charge is 0.350 e. The third-order valence-electron chi connectivity index (χ3n) is 3.38. The van der Waals surface area contributed by atoms with Gasteiger partial charge in [0, 0.05) is 11.6 Å². The number of carbonyl (C=O) groups excluding carboxylic acids is 1. The fourth-order valence-electron chi connectivity index (χ4n) is 1.93. The Kier molecular flexibility index (Phi) is 5.16. The standard InChI is InChI=1S/C12H24N2O3S/c1-4-12(2,3)14-11(15)8-13-10-6-5-7-18(16,17)9-10/h10,13H,4-9H2,1-3H3,(H,14,15). The molecular weight excluding hydrogens is 252 g/mol. The van der Waals surface area contributed by atoms with Crippen LogP contribution in [0.2, 0.25) is 0 Å². The highest BCUT2D eigenvalue weighted by Gasteiger charge is 2.25. The van der Waals surface area contributed by atoms with E-state index >= 15 is 0 Å². The summed E-state index contributed by atoms with van der Waals surface area (Å²) >= 11 is 0. The molecule has 1 atom stereocenters. The zero-order valence-electron chi connectivity index (χ0n) is 11.5. The van der Waals surface area contributed by atoms with Crippen molar-refractivity contribution in [1.82, 2.24) is 10.6 Å². The minimum atomic E-state index is -2.91. The molecule has 0 aromatic rings. The lowest BCUT2D eigenvalue weighted by Crippen LogP contribution is -2.49. The molecule has 2 N–H and O–H groups in total. The van der Waals surface area contributed by atoms with Crippen LogP contribution in [0.1, 0.15) is 40.0 Å². The summed E-state index contributed by atoms with van der Waals surface area (Å²) in [6, 6.07) is -0.0840. The van der Waals surface area contributed by atoms with Gasteiger partial charge in [0.05, 0.1) is 18.1 Å². The van der Waals surface area contributed by atoms with Crippen molar-refractivity contribution in [3.63, 3.8) is 0 Å². The summed E-state index contributed by atoms with van der Waals surface area (Å²) in [6.45, 7) is 6.14. The number of carbonyl (C=O) groups is 1. The normalized spacial score (nSPS) is 23.6. The van der Waals surface area contributed by atoms with Gasteiger partial charge in [-0.2, -0.15) is 0 Å². The quantitative estimate of drug-likeness (QED) is 0.765. The molecule has 1 saturated heterocycles. The first-order valence-electron chi connectivity index (χ1n) is 6.49. The van der Waals surface area contributed by atoms with Crippen LogP contribution in [0.3, 0.4) is 0 Å². The number of nitrogens with one attached hydrogen (secondary N) is 2. The average Bonchev–Trinajstić information content (AvgIpc) is 2.25. The van der Waals surface area contributed by atoms with E-state index < -0.39 is 9.84 Å². The fraction of sp³-hybridized carbons (Fsp3) is 0.917. The van der Waals surface area contributed by atoms with E-state index in [-0.39, 0.29) is 35.5 Å². The van der Waals surface area contributed by atoms with Crippen molar-refractivity contribution >= 4 is 15.7 Å². The summed E-state index contributed by atoms with van der Waals surface area (Å²) in [5, 5.41) is 5.95. The van der Waals surface area contributed by atoms with Crippen molar-refractivity contribution < 1.29 is 13.2 Å². The molecular formula is C12H24N2O3S. The third-order valence-corrected chi connectivity index (χ3v) is 5.20. The molecule has 1 fully saturated rings. The molecule has 0 aromatic carbocycles. The SMILES string of the molecule is CCC(C)(C)NC(=O)CNC1CCCS(=O)(=O)C1. The summed E-state index contributed by atoms with van der Waals surface area (Å²) in [7, 11) is -2.91. The highest BCUT2D eigenvalue weighted by Crippen LogP contribution is 2.11. The predicted octanol–water partition coefficient (Wildman–Crippen LogP) is 0.458. The molecule has 1 heterocycles. The van der Waals surface area contributed by atoms with E-state index in [9.17, 15) is 13.2 Å². The first-order valence-corrected chi connectivity index (χ1v) is 8.31. The zero-order chi connectivity index (χ0) is 13.8. The zero-order valence-corrected chi connectivity index (χ0v) is 12.3. The lowest BCUT2D eigenvalue weighted by molar-refractivity contribution is -0.122. The predicted molar refractivity (Wildman–Crippen MR) is 72.2 cm³/mol. The summed E-state index contributed by atoms with van der Waals surface area (Å²) in [5.41, 5.74) is -0.211. The molecule has 1 unspecified atom stereocenters. The van der Waals surface area contributed by atoms with Crippen molar-refractivity contribution in [1.29, 1.82) is 0 Å². The highest BCUT2D eigenvalue weighted by molar-refractivity contribution is 7.91. The van der Waals surface area contributed by atoms with E-state index in [0.717, 1.165) is 12.8 Å². The highest BCUT2D eigenvalue weighted by atomic mass is 32.2. The van der Waals surface area contributed by atoms with E-state index in [2.05, 4.69) is 10.6 Å². The van der Waals surface area contributed by atoms with Gasteiger partial charge in [-0.3, -0.25) is 4.79 Å². The Morgan fingerprint density at radius 2 is 2.06 bits per heavy atom. The second kappa shape index (κ2) is 6.02. The maximum atomic E-state index is 11.7. The molecule has 106 valence electrons. The van der Waals surface area contributed by atoms with Crippen LogP contribution in [0, 0.1) is 0 Å². The topological polar surface area (TPSA) is 75.3 Å². The summed E-state index contributed by atoms with van der Waals surface area (Å²) < 4.78 is 22.9. The first-order chi connectivity index (χ1) is 8.24. The van der Waals surface area contributed by atoms with E-state index in [1.807, 2.05) is 20.8 Å². The minimum absolute atomic E-state index is 0.0789. The van der Waals surface area contributed by atoms with Crippen LogP contribution >= 0.6 is 0 Å². The second-order valence-electron chi connectivity index (χ2n) is 5.62. The molecule has 18 heavy (non-hydrogen) atoms. The fourth-order valence-corrected chi connectivity index (χ4v) is 3.60. The van der Waals surface area contributed by atoms with Gasteiger partial charge in [0.25, 0.3) is 0 Å². The number of sulfone groups is 1. The molecule has 0 saturated carbocycles. The van der Waals surface area contributed by atoms with Gasteiger partial charge in [0.1, 0.15) is 0 Å². The molecule has 0 bridgehead atoms. The van der Waals surface area contributed by atoms with Crippen LogP contribution < -0.4 is 10.6 Å². The molecule has 0 aromatic heterocycles. The number of hydrogen-bond acceptors (Lipinski definition) is 4.